The number of H-pyrrole nitrogens is 1. The summed E-state index contributed by atoms with van der Waals surface area (Å²) in [5.74, 6) is 0.299. The number of halogens is 1. The summed E-state index contributed by atoms with van der Waals surface area (Å²) < 4.78 is 5.43. The fourth-order valence-electron chi connectivity index (χ4n) is 4.01. The zero-order chi connectivity index (χ0) is 24.4. The average molecular weight is 511 g/mol. The molecule has 1 fully saturated rings. The van der Waals surface area contributed by atoms with Crippen LogP contribution in [0.3, 0.4) is 0 Å². The van der Waals surface area contributed by atoms with Crippen LogP contribution in [0.4, 0.5) is 16.3 Å². The maximum atomic E-state index is 12.7. The Balaban J connectivity index is 1.13. The number of ether oxygens (including phenoxy) is 1. The molecule has 0 unspecified atom stereocenters. The number of anilines is 2. The van der Waals surface area contributed by atoms with Gasteiger partial charge in [0.05, 0.1) is 10.5 Å². The zero-order valence-corrected chi connectivity index (χ0v) is 20.2. The Morgan fingerprint density at radius 3 is 2.74 bits per heavy atom. The number of piperidine rings is 1. The first kappa shape index (κ1) is 23.1. The molecular formula is C24H23ClN6O3S. The number of thiazole rings is 1. The number of nitrogens with one attached hydrogen (secondary N) is 2. The molecule has 1 aliphatic rings. The van der Waals surface area contributed by atoms with Crippen LogP contribution in [-0.4, -0.2) is 45.2 Å². The molecule has 3 heterocycles. The van der Waals surface area contributed by atoms with Gasteiger partial charge in [0, 0.05) is 40.5 Å². The summed E-state index contributed by atoms with van der Waals surface area (Å²) in [6.45, 7) is 1.37. The molecule has 180 valence electrons. The minimum Gasteiger partial charge on any atom is -0.445 e. The number of aromatic nitrogens is 3. The average Bonchev–Trinajstić information content (AvgIpc) is 3.51. The van der Waals surface area contributed by atoms with Gasteiger partial charge in [-0.3, -0.25) is 9.89 Å². The van der Waals surface area contributed by atoms with E-state index in [-0.39, 0.29) is 24.5 Å². The van der Waals surface area contributed by atoms with Crippen LogP contribution < -0.4 is 11.1 Å². The fourth-order valence-corrected chi connectivity index (χ4v) is 5.11. The number of carbonyl (C=O) groups is 2. The molecule has 0 atom stereocenters. The molecule has 5 rings (SSSR count). The van der Waals surface area contributed by atoms with Crippen LogP contribution in [0.2, 0.25) is 5.02 Å². The molecule has 0 spiro atoms. The predicted molar refractivity (Wildman–Crippen MR) is 136 cm³/mol. The molecule has 9 nitrogen and oxygen atoms in total. The molecule has 1 aliphatic heterocycles. The van der Waals surface area contributed by atoms with Crippen molar-refractivity contribution in [3.63, 3.8) is 0 Å². The van der Waals surface area contributed by atoms with Crippen LogP contribution in [0.5, 0.6) is 0 Å². The highest BCUT2D eigenvalue weighted by molar-refractivity contribution is 7.10. The highest BCUT2D eigenvalue weighted by Crippen LogP contribution is 2.31. The number of likely N-dealkylation sites (tertiary alicyclic amines) is 1. The van der Waals surface area contributed by atoms with Gasteiger partial charge in [0.2, 0.25) is 0 Å². The molecule has 4 N–H and O–H groups in total. The van der Waals surface area contributed by atoms with Crippen molar-refractivity contribution in [2.75, 3.05) is 24.1 Å². The molecule has 0 aliphatic carbocycles. The van der Waals surface area contributed by atoms with E-state index in [4.69, 9.17) is 22.1 Å². The first-order chi connectivity index (χ1) is 17.0. The van der Waals surface area contributed by atoms with Crippen LogP contribution in [0.25, 0.3) is 10.9 Å². The Bertz CT molecular complexity index is 1360. The van der Waals surface area contributed by atoms with E-state index in [1.807, 2.05) is 18.2 Å². The van der Waals surface area contributed by atoms with Gasteiger partial charge >= 0.3 is 6.09 Å². The minimum absolute atomic E-state index is 0.198. The third kappa shape index (κ3) is 5.23. The van der Waals surface area contributed by atoms with E-state index in [1.54, 1.807) is 34.5 Å². The van der Waals surface area contributed by atoms with Crippen LogP contribution in [0.1, 0.15) is 39.8 Å². The van der Waals surface area contributed by atoms with Gasteiger partial charge in [-0.25, -0.2) is 9.78 Å². The summed E-state index contributed by atoms with van der Waals surface area (Å²) in [7, 11) is 0. The maximum absolute atomic E-state index is 12.7. The van der Waals surface area contributed by atoms with E-state index >= 15 is 0 Å². The summed E-state index contributed by atoms with van der Waals surface area (Å²) in [5, 5.41) is 13.7. The number of fused-ring (bicyclic) bond motifs is 1. The SMILES string of the molecule is Nc1n[nH]c2ccc(NC(=O)c3csc(C4CCN(C(=O)OCc5ccc(Cl)cc5)CC4)n3)cc12. The van der Waals surface area contributed by atoms with Crippen molar-refractivity contribution in [1.29, 1.82) is 0 Å². The van der Waals surface area contributed by atoms with Crippen LogP contribution >= 0.6 is 22.9 Å². The zero-order valence-electron chi connectivity index (χ0n) is 18.7. The molecule has 0 saturated carbocycles. The lowest BCUT2D eigenvalue weighted by atomic mass is 9.98. The molecule has 0 bridgehead atoms. The summed E-state index contributed by atoms with van der Waals surface area (Å²) in [6, 6.07) is 12.6. The molecule has 0 radical (unpaired) electrons. The number of rotatable bonds is 5. The number of hydrogen-bond donors (Lipinski definition) is 3. The second-order valence-electron chi connectivity index (χ2n) is 8.34. The predicted octanol–water partition coefficient (Wildman–Crippen LogP) is 5.02. The second kappa shape index (κ2) is 9.93. The number of nitrogen functional groups attached to an aromatic ring is 1. The Labute approximate surface area is 210 Å². The monoisotopic (exact) mass is 510 g/mol. The highest BCUT2D eigenvalue weighted by atomic mass is 35.5. The lowest BCUT2D eigenvalue weighted by molar-refractivity contribution is 0.0870. The van der Waals surface area contributed by atoms with Gasteiger partial charge in [0.1, 0.15) is 12.3 Å². The van der Waals surface area contributed by atoms with E-state index in [0.717, 1.165) is 34.3 Å². The number of nitrogens with zero attached hydrogens (tertiary/aromatic N) is 3. The molecule has 1 saturated heterocycles. The van der Waals surface area contributed by atoms with Gasteiger partial charge in [-0.15, -0.1) is 11.3 Å². The van der Waals surface area contributed by atoms with Crippen molar-refractivity contribution in [3.05, 3.63) is 69.1 Å². The Morgan fingerprint density at radius 1 is 1.20 bits per heavy atom. The van der Waals surface area contributed by atoms with Crippen molar-refractivity contribution in [2.24, 2.45) is 0 Å². The lowest BCUT2D eigenvalue weighted by Crippen LogP contribution is -2.38. The Kier molecular flexibility index (Phi) is 6.56. The van der Waals surface area contributed by atoms with E-state index in [2.05, 4.69) is 20.5 Å². The van der Waals surface area contributed by atoms with E-state index in [1.165, 1.54) is 11.3 Å². The van der Waals surface area contributed by atoms with Crippen LogP contribution in [-0.2, 0) is 11.3 Å². The van der Waals surface area contributed by atoms with E-state index < -0.39 is 0 Å². The smallest absolute Gasteiger partial charge is 0.410 e. The molecule has 35 heavy (non-hydrogen) atoms. The standard InChI is InChI=1S/C24H23ClN6O3S/c25-16-3-1-14(2-4-16)12-34-24(33)31-9-7-15(8-10-31)23-28-20(13-35-23)22(32)27-17-5-6-19-18(11-17)21(26)30-29-19/h1-6,11,13,15H,7-10,12H2,(H,27,32)(H3,26,29,30). The van der Waals surface area contributed by atoms with Gasteiger partial charge in [-0.05, 0) is 48.7 Å². The van der Waals surface area contributed by atoms with Crippen molar-refractivity contribution in [2.45, 2.75) is 25.4 Å². The first-order valence-corrected chi connectivity index (χ1v) is 12.4. The number of benzene rings is 2. The maximum Gasteiger partial charge on any atom is 0.410 e. The normalized spacial score (nSPS) is 14.3. The van der Waals surface area contributed by atoms with Gasteiger partial charge in [-0.2, -0.15) is 5.10 Å². The first-order valence-electron chi connectivity index (χ1n) is 11.1. The van der Waals surface area contributed by atoms with Gasteiger partial charge in [0.15, 0.2) is 5.82 Å². The third-order valence-electron chi connectivity index (χ3n) is 5.98. The molecule has 4 aromatic rings. The van der Waals surface area contributed by atoms with Crippen molar-refractivity contribution in [3.8, 4) is 0 Å². The third-order valence-corrected chi connectivity index (χ3v) is 7.24. The van der Waals surface area contributed by atoms with Gasteiger partial charge in [0.25, 0.3) is 5.91 Å². The van der Waals surface area contributed by atoms with E-state index in [9.17, 15) is 9.59 Å². The van der Waals surface area contributed by atoms with Crippen molar-refractivity contribution < 1.29 is 14.3 Å². The summed E-state index contributed by atoms with van der Waals surface area (Å²) in [6.07, 6.45) is 1.20. The number of amides is 2. The van der Waals surface area contributed by atoms with Crippen molar-refractivity contribution in [1.82, 2.24) is 20.1 Å². The highest BCUT2D eigenvalue weighted by Gasteiger charge is 2.27. The lowest BCUT2D eigenvalue weighted by Gasteiger charge is -2.30. The molecule has 11 heteroatoms. The summed E-state index contributed by atoms with van der Waals surface area (Å²) >= 11 is 7.35. The summed E-state index contributed by atoms with van der Waals surface area (Å²) in [4.78, 5) is 31.4. The van der Waals surface area contributed by atoms with Crippen molar-refractivity contribution >= 4 is 57.3 Å². The molecule has 2 aromatic carbocycles. The number of aromatic amines is 1. The quantitative estimate of drug-likeness (QED) is 0.346. The topological polar surface area (TPSA) is 126 Å². The van der Waals surface area contributed by atoms with Gasteiger partial charge in [-0.1, -0.05) is 23.7 Å². The van der Waals surface area contributed by atoms with Gasteiger partial charge < -0.3 is 20.7 Å². The number of hydrogen-bond acceptors (Lipinski definition) is 7. The fraction of sp³-hybridized carbons (Fsp3) is 0.250. The van der Waals surface area contributed by atoms with Crippen LogP contribution in [0.15, 0.2) is 47.8 Å². The second-order valence-corrected chi connectivity index (χ2v) is 9.66. The Morgan fingerprint density at radius 2 is 1.97 bits per heavy atom. The van der Waals surface area contributed by atoms with E-state index in [0.29, 0.717) is 35.3 Å². The molecule has 2 amide bonds. The largest absolute Gasteiger partial charge is 0.445 e. The number of carbonyl (C=O) groups excluding carboxylic acids is 2. The Hall–Kier alpha value is -3.63. The minimum atomic E-state index is -0.326. The summed E-state index contributed by atoms with van der Waals surface area (Å²) in [5.41, 5.74) is 8.53. The molecular weight excluding hydrogens is 488 g/mol. The number of nitrogens with two attached hydrogens (primary N) is 1. The van der Waals surface area contributed by atoms with Crippen LogP contribution in [0, 0.1) is 0 Å². The molecule has 2 aromatic heterocycles.